The van der Waals surface area contributed by atoms with Crippen LogP contribution in [0.15, 0.2) is 47.0 Å². The van der Waals surface area contributed by atoms with Gasteiger partial charge < -0.3 is 10.6 Å². The minimum atomic E-state index is -0.807. The highest BCUT2D eigenvalue weighted by Gasteiger charge is 2.57. The number of aromatic nitrogens is 1. The second kappa shape index (κ2) is 6.21. The lowest BCUT2D eigenvalue weighted by molar-refractivity contribution is -0.133. The molecule has 2 aliphatic rings. The zero-order chi connectivity index (χ0) is 18.3. The molecule has 1 saturated heterocycles. The molecule has 1 fully saturated rings. The summed E-state index contributed by atoms with van der Waals surface area (Å²) in [4.78, 5) is 38.9. The van der Waals surface area contributed by atoms with Crippen molar-refractivity contribution in [3.05, 3.63) is 52.5 Å². The molecule has 2 atom stereocenters. The fraction of sp³-hybridized carbons (Fsp3) is 0.333. The normalized spacial score (nSPS) is 25.2. The maximum absolute atomic E-state index is 13.1. The van der Waals surface area contributed by atoms with Gasteiger partial charge in [0.1, 0.15) is 5.54 Å². The van der Waals surface area contributed by atoms with Crippen molar-refractivity contribution in [3.63, 3.8) is 0 Å². The van der Waals surface area contributed by atoms with Crippen LogP contribution in [0.1, 0.15) is 22.2 Å². The number of fused-ring (bicyclic) bond motifs is 1. The Balaban J connectivity index is 1.76. The quantitative estimate of drug-likeness (QED) is 0.882. The van der Waals surface area contributed by atoms with Gasteiger partial charge in [0.15, 0.2) is 5.96 Å². The molecule has 2 aromatic rings. The van der Waals surface area contributed by atoms with Gasteiger partial charge in [-0.1, -0.05) is 6.07 Å². The van der Waals surface area contributed by atoms with Crippen molar-refractivity contribution in [1.29, 1.82) is 0 Å². The number of guanidine groups is 1. The maximum Gasteiger partial charge on any atom is 0.255 e. The Hall–Kier alpha value is -2.74. The van der Waals surface area contributed by atoms with E-state index in [0.29, 0.717) is 25.2 Å². The third-order valence-corrected chi connectivity index (χ3v) is 6.06. The number of nitrogens with zero attached hydrogens (tertiary/aromatic N) is 4. The van der Waals surface area contributed by atoms with Crippen LogP contribution in [0, 0.1) is 5.92 Å². The Morgan fingerprint density at radius 3 is 2.92 bits per heavy atom. The molecule has 0 bridgehead atoms. The van der Waals surface area contributed by atoms with Gasteiger partial charge in [-0.2, -0.15) is 0 Å². The van der Waals surface area contributed by atoms with E-state index in [4.69, 9.17) is 10.7 Å². The maximum atomic E-state index is 13.1. The summed E-state index contributed by atoms with van der Waals surface area (Å²) in [7, 11) is 0. The highest BCUT2D eigenvalue weighted by atomic mass is 32.1. The predicted molar refractivity (Wildman–Crippen MR) is 98.6 cm³/mol. The molecule has 4 rings (SSSR count). The molecule has 7 nitrogen and oxygen atoms in total. The van der Waals surface area contributed by atoms with E-state index in [0.717, 1.165) is 4.88 Å². The SMILES string of the molecule is CCN1C(=O)C2CN(C(=O)c3cccnc3)CC2(c2cccs2)N=C1N. The van der Waals surface area contributed by atoms with Gasteiger partial charge in [-0.05, 0) is 30.5 Å². The van der Waals surface area contributed by atoms with Gasteiger partial charge in [-0.3, -0.25) is 19.5 Å². The van der Waals surface area contributed by atoms with Crippen LogP contribution < -0.4 is 5.73 Å². The summed E-state index contributed by atoms with van der Waals surface area (Å²) in [5, 5.41) is 1.95. The van der Waals surface area contributed by atoms with Gasteiger partial charge in [0, 0.05) is 30.4 Å². The molecular formula is C18H19N5O2S. The van der Waals surface area contributed by atoms with E-state index in [1.807, 2.05) is 24.4 Å². The zero-order valence-corrected chi connectivity index (χ0v) is 15.1. The average Bonchev–Trinajstić information content (AvgIpc) is 3.31. The van der Waals surface area contributed by atoms with Crippen LogP contribution in [-0.2, 0) is 10.3 Å². The molecule has 26 heavy (non-hydrogen) atoms. The molecule has 2 aromatic heterocycles. The number of amides is 2. The van der Waals surface area contributed by atoms with E-state index in [1.54, 1.807) is 29.4 Å². The first-order valence-electron chi connectivity index (χ1n) is 8.47. The van der Waals surface area contributed by atoms with Crippen molar-refractivity contribution in [2.24, 2.45) is 16.6 Å². The van der Waals surface area contributed by atoms with Crippen LogP contribution in [0.2, 0.25) is 0 Å². The number of carbonyl (C=O) groups excluding carboxylic acids is 2. The number of rotatable bonds is 3. The van der Waals surface area contributed by atoms with E-state index in [1.165, 1.54) is 16.2 Å². The van der Waals surface area contributed by atoms with Gasteiger partial charge >= 0.3 is 0 Å². The minimum absolute atomic E-state index is 0.0742. The third kappa shape index (κ3) is 2.40. The van der Waals surface area contributed by atoms with Crippen molar-refractivity contribution < 1.29 is 9.59 Å². The monoisotopic (exact) mass is 369 g/mol. The largest absolute Gasteiger partial charge is 0.369 e. The van der Waals surface area contributed by atoms with Crippen LogP contribution in [0.5, 0.6) is 0 Å². The molecule has 134 valence electrons. The molecule has 2 unspecified atom stereocenters. The molecule has 4 heterocycles. The highest BCUT2D eigenvalue weighted by Crippen LogP contribution is 2.45. The van der Waals surface area contributed by atoms with E-state index in [2.05, 4.69) is 4.98 Å². The molecule has 2 N–H and O–H groups in total. The number of nitrogens with two attached hydrogens (primary N) is 1. The number of likely N-dealkylation sites (tertiary alicyclic amines) is 1. The number of carbonyl (C=O) groups is 2. The van der Waals surface area contributed by atoms with Crippen molar-refractivity contribution in [2.75, 3.05) is 19.6 Å². The summed E-state index contributed by atoms with van der Waals surface area (Å²) in [6.07, 6.45) is 3.17. The second-order valence-corrected chi connectivity index (χ2v) is 7.38. The molecular weight excluding hydrogens is 350 g/mol. The first-order valence-corrected chi connectivity index (χ1v) is 9.35. The molecule has 0 radical (unpaired) electrons. The Bertz CT molecular complexity index is 867. The van der Waals surface area contributed by atoms with Crippen LogP contribution in [-0.4, -0.2) is 52.2 Å². The molecule has 0 saturated carbocycles. The van der Waals surface area contributed by atoms with Crippen LogP contribution in [0.25, 0.3) is 0 Å². The summed E-state index contributed by atoms with van der Waals surface area (Å²) in [6, 6.07) is 7.35. The number of thiophene rings is 1. The molecule has 0 aromatic carbocycles. The zero-order valence-electron chi connectivity index (χ0n) is 14.3. The first kappa shape index (κ1) is 16.7. The third-order valence-electron chi connectivity index (χ3n) is 5.03. The fourth-order valence-corrected chi connectivity index (χ4v) is 4.69. The standard InChI is InChI=1S/C18H19N5O2S/c1-2-23-16(25)13-10-22(15(24)12-5-3-7-20-9-12)11-18(13,21-17(23)19)14-6-4-8-26-14/h3-9,13H,2,10-11H2,1H3,(H2,19,21). The Kier molecular flexibility index (Phi) is 3.99. The number of aliphatic imine (C=N–C) groups is 1. The van der Waals surface area contributed by atoms with Crippen LogP contribution in [0.3, 0.4) is 0 Å². The minimum Gasteiger partial charge on any atom is -0.369 e. The second-order valence-electron chi connectivity index (χ2n) is 6.43. The van der Waals surface area contributed by atoms with Crippen molar-refractivity contribution in [3.8, 4) is 0 Å². The smallest absolute Gasteiger partial charge is 0.255 e. The number of hydrogen-bond acceptors (Lipinski definition) is 6. The molecule has 2 amide bonds. The lowest BCUT2D eigenvalue weighted by Crippen LogP contribution is -2.55. The van der Waals surface area contributed by atoms with Crippen molar-refractivity contribution in [2.45, 2.75) is 12.5 Å². The Morgan fingerprint density at radius 1 is 1.42 bits per heavy atom. The van der Waals surface area contributed by atoms with E-state index < -0.39 is 11.5 Å². The summed E-state index contributed by atoms with van der Waals surface area (Å²) < 4.78 is 0. The molecule has 0 spiro atoms. The summed E-state index contributed by atoms with van der Waals surface area (Å²) in [5.41, 5.74) is 5.80. The van der Waals surface area contributed by atoms with Gasteiger partial charge in [0.25, 0.3) is 5.91 Å². The van der Waals surface area contributed by atoms with E-state index in [-0.39, 0.29) is 17.8 Å². The Labute approximate surface area is 155 Å². The summed E-state index contributed by atoms with van der Waals surface area (Å²) in [6.45, 7) is 2.97. The average molecular weight is 369 g/mol. The highest BCUT2D eigenvalue weighted by molar-refractivity contribution is 7.10. The van der Waals surface area contributed by atoms with Gasteiger partial charge in [0.05, 0.1) is 18.0 Å². The van der Waals surface area contributed by atoms with Gasteiger partial charge in [-0.25, -0.2) is 4.99 Å². The fourth-order valence-electron chi connectivity index (χ4n) is 3.77. The van der Waals surface area contributed by atoms with Crippen LogP contribution >= 0.6 is 11.3 Å². The summed E-state index contributed by atoms with van der Waals surface area (Å²) in [5.74, 6) is -0.435. The van der Waals surface area contributed by atoms with E-state index in [9.17, 15) is 9.59 Å². The summed E-state index contributed by atoms with van der Waals surface area (Å²) >= 11 is 1.54. The number of pyridine rings is 1. The first-order chi connectivity index (χ1) is 12.6. The van der Waals surface area contributed by atoms with Gasteiger partial charge in [0.2, 0.25) is 5.91 Å². The molecule has 0 aliphatic carbocycles. The van der Waals surface area contributed by atoms with Crippen LogP contribution in [0.4, 0.5) is 0 Å². The van der Waals surface area contributed by atoms with E-state index >= 15 is 0 Å². The molecule has 8 heteroatoms. The van der Waals surface area contributed by atoms with Crippen molar-refractivity contribution in [1.82, 2.24) is 14.8 Å². The Morgan fingerprint density at radius 2 is 2.27 bits per heavy atom. The topological polar surface area (TPSA) is 91.9 Å². The molecule has 2 aliphatic heterocycles. The lowest BCUT2D eigenvalue weighted by Gasteiger charge is -2.37. The van der Waals surface area contributed by atoms with Gasteiger partial charge in [-0.15, -0.1) is 11.3 Å². The predicted octanol–water partition coefficient (Wildman–Crippen LogP) is 1.29. The number of hydrogen-bond donors (Lipinski definition) is 1. The lowest BCUT2D eigenvalue weighted by atomic mass is 9.83. The van der Waals surface area contributed by atoms with Crippen molar-refractivity contribution >= 4 is 29.1 Å².